The summed E-state index contributed by atoms with van der Waals surface area (Å²) in [4.78, 5) is 25.9. The Kier molecular flexibility index (Phi) is 5.56. The van der Waals surface area contributed by atoms with Gasteiger partial charge in [0.1, 0.15) is 0 Å². The van der Waals surface area contributed by atoms with Crippen LogP contribution in [0.4, 0.5) is 0 Å². The van der Waals surface area contributed by atoms with Crippen LogP contribution in [0.1, 0.15) is 28.5 Å². The maximum absolute atomic E-state index is 12.7. The van der Waals surface area contributed by atoms with Gasteiger partial charge in [0, 0.05) is 28.9 Å². The van der Waals surface area contributed by atoms with E-state index >= 15 is 0 Å². The summed E-state index contributed by atoms with van der Waals surface area (Å²) in [5.41, 5.74) is 3.22. The number of fused-ring (bicyclic) bond motifs is 1. The van der Waals surface area contributed by atoms with Crippen LogP contribution in [0.5, 0.6) is 0 Å². The molecule has 148 valence electrons. The predicted molar refractivity (Wildman–Crippen MR) is 116 cm³/mol. The van der Waals surface area contributed by atoms with Crippen LogP contribution in [-0.2, 0) is 11.3 Å². The maximum Gasteiger partial charge on any atom is 0.419 e. The topological polar surface area (TPSA) is 64.2 Å². The molecule has 0 bridgehead atoms. The molecule has 2 aromatic heterocycles. The van der Waals surface area contributed by atoms with Crippen LogP contribution in [0.25, 0.3) is 11.1 Å². The van der Waals surface area contributed by atoms with E-state index in [9.17, 15) is 9.59 Å². The number of benzene rings is 2. The minimum atomic E-state index is -0.497. The molecule has 4 rings (SSSR count). The fourth-order valence-corrected chi connectivity index (χ4v) is 4.20. The van der Waals surface area contributed by atoms with E-state index in [2.05, 4.69) is 5.32 Å². The lowest BCUT2D eigenvalue weighted by atomic mass is 10.0. The first kappa shape index (κ1) is 19.5. The van der Waals surface area contributed by atoms with Gasteiger partial charge in [-0.3, -0.25) is 9.36 Å². The van der Waals surface area contributed by atoms with Crippen molar-refractivity contribution >= 4 is 39.9 Å². The van der Waals surface area contributed by atoms with Crippen LogP contribution in [0.3, 0.4) is 0 Å². The van der Waals surface area contributed by atoms with E-state index in [-0.39, 0.29) is 24.9 Å². The van der Waals surface area contributed by atoms with Gasteiger partial charge in [-0.25, -0.2) is 4.79 Å². The molecule has 1 N–H and O–H groups in total. The Bertz CT molecular complexity index is 1190. The second kappa shape index (κ2) is 8.27. The van der Waals surface area contributed by atoms with Crippen LogP contribution in [0.15, 0.2) is 69.2 Å². The molecule has 0 radical (unpaired) electrons. The number of aryl methyl sites for hydroxylation is 2. The lowest BCUT2D eigenvalue weighted by Gasteiger charge is -2.18. The number of nitrogens with one attached hydrogen (secondary N) is 1. The number of oxazole rings is 1. The molecule has 5 nitrogen and oxygen atoms in total. The van der Waals surface area contributed by atoms with Gasteiger partial charge in [0.2, 0.25) is 5.91 Å². The Morgan fingerprint density at radius 2 is 2.00 bits per heavy atom. The smallest absolute Gasteiger partial charge is 0.408 e. The fourth-order valence-electron chi connectivity index (χ4n) is 3.23. The molecule has 0 saturated carbocycles. The highest BCUT2D eigenvalue weighted by atomic mass is 35.5. The highest BCUT2D eigenvalue weighted by Gasteiger charge is 2.18. The first-order valence-electron chi connectivity index (χ1n) is 9.19. The van der Waals surface area contributed by atoms with E-state index in [1.807, 2.05) is 48.7 Å². The molecule has 0 saturated heterocycles. The number of carbonyl (C=O) groups excluding carboxylic acids is 1. The number of hydrogen-bond acceptors (Lipinski definition) is 4. The molecular weight excluding hydrogens is 408 g/mol. The highest BCUT2D eigenvalue weighted by Crippen LogP contribution is 2.26. The largest absolute Gasteiger partial charge is 0.419 e. The lowest BCUT2D eigenvalue weighted by Crippen LogP contribution is -2.30. The van der Waals surface area contributed by atoms with Crippen molar-refractivity contribution in [3.63, 3.8) is 0 Å². The van der Waals surface area contributed by atoms with Gasteiger partial charge in [-0.1, -0.05) is 47.5 Å². The Hall–Kier alpha value is -2.83. The van der Waals surface area contributed by atoms with Gasteiger partial charge in [0.25, 0.3) is 0 Å². The van der Waals surface area contributed by atoms with Crippen molar-refractivity contribution in [2.24, 2.45) is 0 Å². The number of nitrogens with zero attached hydrogens (tertiary/aromatic N) is 1. The molecule has 0 aliphatic rings. The number of aromatic nitrogens is 1. The molecule has 0 aliphatic carbocycles. The van der Waals surface area contributed by atoms with Gasteiger partial charge < -0.3 is 9.73 Å². The summed E-state index contributed by atoms with van der Waals surface area (Å²) < 4.78 is 6.68. The van der Waals surface area contributed by atoms with Gasteiger partial charge in [-0.05, 0) is 36.1 Å². The molecule has 1 unspecified atom stereocenters. The molecule has 4 aromatic rings. The normalized spacial score (nSPS) is 12.2. The Morgan fingerprint density at radius 3 is 2.72 bits per heavy atom. The molecular formula is C22H19ClN2O3S. The molecule has 2 heterocycles. The zero-order valence-corrected chi connectivity index (χ0v) is 17.3. The van der Waals surface area contributed by atoms with Gasteiger partial charge >= 0.3 is 5.76 Å². The van der Waals surface area contributed by atoms with E-state index in [1.165, 1.54) is 4.57 Å². The van der Waals surface area contributed by atoms with Crippen LogP contribution in [0, 0.1) is 6.92 Å². The third kappa shape index (κ3) is 4.28. The van der Waals surface area contributed by atoms with Crippen molar-refractivity contribution < 1.29 is 9.21 Å². The predicted octanol–water partition coefficient (Wildman–Crippen LogP) is 4.91. The highest BCUT2D eigenvalue weighted by molar-refractivity contribution is 7.10. The van der Waals surface area contributed by atoms with Crippen LogP contribution in [0.2, 0.25) is 5.02 Å². The summed E-state index contributed by atoms with van der Waals surface area (Å²) in [5.74, 6) is -0.636. The Morgan fingerprint density at radius 1 is 1.21 bits per heavy atom. The van der Waals surface area contributed by atoms with E-state index in [0.29, 0.717) is 16.1 Å². The molecule has 2 aromatic carbocycles. The maximum atomic E-state index is 12.7. The molecule has 7 heteroatoms. The lowest BCUT2D eigenvalue weighted by molar-refractivity contribution is -0.121. The third-order valence-corrected chi connectivity index (χ3v) is 5.91. The van der Waals surface area contributed by atoms with Crippen molar-refractivity contribution in [2.75, 3.05) is 0 Å². The van der Waals surface area contributed by atoms with E-state index < -0.39 is 5.76 Å². The van der Waals surface area contributed by atoms with Crippen molar-refractivity contribution in [3.05, 3.63) is 91.6 Å². The van der Waals surface area contributed by atoms with Gasteiger partial charge in [-0.15, -0.1) is 11.3 Å². The summed E-state index contributed by atoms with van der Waals surface area (Å²) in [5, 5.41) is 5.58. The van der Waals surface area contributed by atoms with Crippen LogP contribution in [-0.4, -0.2) is 10.5 Å². The van der Waals surface area contributed by atoms with E-state index in [0.717, 1.165) is 16.0 Å². The van der Waals surface area contributed by atoms with Crippen LogP contribution >= 0.6 is 22.9 Å². The Balaban J connectivity index is 1.51. The molecule has 1 atom stereocenters. The van der Waals surface area contributed by atoms with Gasteiger partial charge in [-0.2, -0.15) is 0 Å². The Labute approximate surface area is 176 Å². The van der Waals surface area contributed by atoms with Crippen molar-refractivity contribution in [3.8, 4) is 0 Å². The number of rotatable bonds is 6. The number of amides is 1. The monoisotopic (exact) mass is 426 g/mol. The van der Waals surface area contributed by atoms with Gasteiger partial charge in [0.15, 0.2) is 5.58 Å². The van der Waals surface area contributed by atoms with E-state index in [1.54, 1.807) is 29.5 Å². The zero-order valence-electron chi connectivity index (χ0n) is 15.7. The minimum absolute atomic E-state index is 0.140. The number of hydrogen-bond donors (Lipinski definition) is 1. The first-order chi connectivity index (χ1) is 14.0. The summed E-state index contributed by atoms with van der Waals surface area (Å²) in [6.07, 6.45) is 0.158. The molecule has 0 fully saturated rings. The summed E-state index contributed by atoms with van der Waals surface area (Å²) >= 11 is 7.54. The third-order valence-electron chi connectivity index (χ3n) is 4.74. The zero-order chi connectivity index (χ0) is 20.4. The van der Waals surface area contributed by atoms with Crippen LogP contribution < -0.4 is 11.1 Å². The number of thiophene rings is 1. The van der Waals surface area contributed by atoms with Crippen molar-refractivity contribution in [1.82, 2.24) is 9.88 Å². The molecule has 0 spiro atoms. The fraction of sp³-hybridized carbons (Fsp3) is 0.182. The first-order valence-corrected chi connectivity index (χ1v) is 10.5. The summed E-state index contributed by atoms with van der Waals surface area (Å²) in [6.45, 7) is 2.26. The quantitative estimate of drug-likeness (QED) is 0.476. The average Bonchev–Trinajstić information content (AvgIpc) is 3.32. The number of halogens is 1. The standard InChI is InChI=1S/C22H19ClN2O3S/c1-14-4-6-15(7-5-14)21(19-3-2-12-29-19)24-20(26)10-11-25-17-9-8-16(23)13-18(17)28-22(25)27/h2-9,12-13,21H,10-11H2,1H3,(H,24,26). The average molecular weight is 427 g/mol. The SMILES string of the molecule is Cc1ccc(C(NC(=O)CCn2c(=O)oc3cc(Cl)ccc32)c2cccs2)cc1. The molecule has 29 heavy (non-hydrogen) atoms. The molecule has 1 amide bonds. The second-order valence-electron chi connectivity index (χ2n) is 6.81. The molecule has 0 aliphatic heterocycles. The minimum Gasteiger partial charge on any atom is -0.408 e. The number of carbonyl (C=O) groups is 1. The summed E-state index contributed by atoms with van der Waals surface area (Å²) in [6, 6.07) is 16.9. The van der Waals surface area contributed by atoms with Crippen molar-refractivity contribution in [2.45, 2.75) is 25.9 Å². The van der Waals surface area contributed by atoms with Gasteiger partial charge in [0.05, 0.1) is 11.6 Å². The van der Waals surface area contributed by atoms with Crippen molar-refractivity contribution in [1.29, 1.82) is 0 Å². The second-order valence-corrected chi connectivity index (χ2v) is 8.22. The summed E-state index contributed by atoms with van der Waals surface area (Å²) in [7, 11) is 0. The van der Waals surface area contributed by atoms with E-state index in [4.69, 9.17) is 16.0 Å².